The number of rotatable bonds is 17. The second-order valence-corrected chi connectivity index (χ2v) is 26.6. The fourth-order valence-corrected chi connectivity index (χ4v) is 13.4. The molecule has 0 saturated carbocycles. The standard InChI is InChI=1S/C61H35N5O10.C33H21N3O5/c1-4-35-8-6-10-39(27-35)62-54(67)37-29-38(55(68)63-40-11-7-9-36(5-2)28-40)31-43(30-37)66-58(71)50-25-22-47(33-53(50)61(66)74)76-46-21-24-49-52(32-46)60(73)65(57(49)70)42-15-19-45(20-16-42)75-44-17-13-41(14-18-44)64-56(69)48-23-12-34(3)26-51(48)59(64)72;1-4-20-8-6-10-24(14-20)34-30(37)22-16-23(31(38)35-25-11-7-9-21(5-2)15-25)18-26(17-22)36-32(39)28-13-12-27(41-3)19-29(28)33(36)40/h1-2,6-33H,3H3,(H,62,67)(H,63,68);1-2,6-19H,3H3,(H,34,37)(H,35,38). The van der Waals surface area contributed by atoms with Gasteiger partial charge in [-0.2, -0.15) is 0 Å². The van der Waals surface area contributed by atoms with Crippen LogP contribution in [0.1, 0.15) is 152 Å². The minimum atomic E-state index is -0.771. The fraction of sp³-hybridized carbons (Fsp3) is 0.0213. The van der Waals surface area contributed by atoms with Crippen molar-refractivity contribution in [1.29, 1.82) is 0 Å². The molecule has 12 aromatic carbocycles. The molecule has 0 aliphatic carbocycles. The fourth-order valence-electron chi connectivity index (χ4n) is 13.4. The first-order valence-corrected chi connectivity index (χ1v) is 35.6. The van der Waals surface area contributed by atoms with Gasteiger partial charge >= 0.3 is 0 Å². The second-order valence-electron chi connectivity index (χ2n) is 26.6. The lowest BCUT2D eigenvalue weighted by Gasteiger charge is -2.17. The van der Waals surface area contributed by atoms with E-state index in [0.29, 0.717) is 79.1 Å². The van der Waals surface area contributed by atoms with E-state index in [1.165, 1.54) is 92.0 Å². The lowest BCUT2D eigenvalue weighted by atomic mass is 10.1. The minimum Gasteiger partial charge on any atom is -0.497 e. The monoisotopic (exact) mass is 1540 g/mol. The summed E-state index contributed by atoms with van der Waals surface area (Å²) in [5.74, 6) is 4.28. The van der Waals surface area contributed by atoms with E-state index in [9.17, 15) is 57.5 Å². The molecule has 117 heavy (non-hydrogen) atoms. The molecule has 0 unspecified atom stereocenters. The van der Waals surface area contributed by atoms with Crippen LogP contribution in [-0.2, 0) is 0 Å². The zero-order chi connectivity index (χ0) is 82.0. The Balaban J connectivity index is 0.000000220. The van der Waals surface area contributed by atoms with Crippen molar-refractivity contribution in [2.24, 2.45) is 0 Å². The van der Waals surface area contributed by atoms with Crippen LogP contribution >= 0.6 is 0 Å². The van der Waals surface area contributed by atoms with Gasteiger partial charge in [-0.3, -0.25) is 57.5 Å². The van der Waals surface area contributed by atoms with Crippen LogP contribution in [0.25, 0.3) is 0 Å². The van der Waals surface area contributed by atoms with Crippen LogP contribution in [0.15, 0.2) is 255 Å². The van der Waals surface area contributed by atoms with Gasteiger partial charge in [0.1, 0.15) is 28.7 Å². The van der Waals surface area contributed by atoms with Crippen molar-refractivity contribution in [3.63, 3.8) is 0 Å². The molecular weight excluding hydrogens is 1480 g/mol. The number of benzene rings is 12. The maximum absolute atomic E-state index is 14.2. The Hall–Kier alpha value is -17.3. The number of hydrogen-bond acceptors (Lipinski definition) is 15. The van der Waals surface area contributed by atoms with Crippen LogP contribution in [0.5, 0.6) is 28.7 Å². The van der Waals surface area contributed by atoms with Gasteiger partial charge in [-0.25, -0.2) is 19.6 Å². The first-order chi connectivity index (χ1) is 56.5. The summed E-state index contributed by atoms with van der Waals surface area (Å²) in [5.41, 5.74) is 6.37. The molecule has 0 bridgehead atoms. The summed E-state index contributed by atoms with van der Waals surface area (Å²) in [6, 6.07) is 65.5. The summed E-state index contributed by atoms with van der Waals surface area (Å²) >= 11 is 0. The van der Waals surface area contributed by atoms with Gasteiger partial charge < -0.3 is 35.5 Å². The van der Waals surface area contributed by atoms with Gasteiger partial charge in [-0.1, -0.05) is 59.6 Å². The highest BCUT2D eigenvalue weighted by molar-refractivity contribution is 6.37. The Kier molecular flexibility index (Phi) is 20.1. The van der Waals surface area contributed by atoms with Crippen molar-refractivity contribution in [1.82, 2.24) is 0 Å². The summed E-state index contributed by atoms with van der Waals surface area (Å²) < 4.78 is 17.3. The van der Waals surface area contributed by atoms with E-state index in [0.717, 1.165) is 25.2 Å². The highest BCUT2D eigenvalue weighted by atomic mass is 16.5. The Labute approximate surface area is 667 Å². The van der Waals surface area contributed by atoms with Gasteiger partial charge in [-0.15, -0.1) is 25.7 Å². The van der Waals surface area contributed by atoms with Crippen LogP contribution in [-0.4, -0.2) is 78.0 Å². The molecule has 23 nitrogen and oxygen atoms in total. The first kappa shape index (κ1) is 75.1. The number of terminal acetylenes is 4. The van der Waals surface area contributed by atoms with Crippen molar-refractivity contribution in [2.45, 2.75) is 6.92 Å². The number of amides is 12. The molecule has 0 aromatic heterocycles. The van der Waals surface area contributed by atoms with Gasteiger partial charge in [0.25, 0.3) is 70.9 Å². The molecule has 0 saturated heterocycles. The number of methoxy groups -OCH3 is 1. The van der Waals surface area contributed by atoms with Gasteiger partial charge in [-0.05, 0) is 231 Å². The number of nitrogens with zero attached hydrogens (tertiary/aromatic N) is 4. The minimum absolute atomic E-state index is 0.0182. The van der Waals surface area contributed by atoms with E-state index >= 15 is 0 Å². The zero-order valence-electron chi connectivity index (χ0n) is 61.5. The van der Waals surface area contributed by atoms with E-state index in [1.807, 2.05) is 6.92 Å². The topological polar surface area (TPSA) is 294 Å². The van der Waals surface area contributed by atoms with Crippen LogP contribution in [0.3, 0.4) is 0 Å². The summed E-state index contributed by atoms with van der Waals surface area (Å²) in [6.07, 6.45) is 22.1. The molecule has 4 aliphatic heterocycles. The van der Waals surface area contributed by atoms with Crippen molar-refractivity contribution < 1.29 is 71.7 Å². The van der Waals surface area contributed by atoms with E-state index in [1.54, 1.807) is 170 Å². The predicted octanol–water partition coefficient (Wildman–Crippen LogP) is 15.4. The number of fused-ring (bicyclic) bond motifs is 4. The molecule has 4 heterocycles. The Morgan fingerprint density at radius 1 is 0.274 bits per heavy atom. The average molecular weight is 1540 g/mol. The number of carbonyl (C=O) groups excluding carboxylic acids is 12. The second kappa shape index (κ2) is 31.2. The first-order valence-electron chi connectivity index (χ1n) is 35.6. The molecule has 0 spiro atoms. The quantitative estimate of drug-likeness (QED) is 0.0487. The summed E-state index contributed by atoms with van der Waals surface area (Å²) in [5, 5.41) is 11.0. The third kappa shape index (κ3) is 14.9. The summed E-state index contributed by atoms with van der Waals surface area (Å²) in [6.45, 7) is 1.85. The number of imide groups is 4. The molecule has 16 rings (SSSR count). The SMILES string of the molecule is C#Cc1cccc(NC(=O)c2cc(C(=O)Nc3cccc(C#C)c3)cc(N3C(=O)c4ccc(OC)cc4C3=O)c2)c1.C#Cc1cccc(NC(=O)c2cc(C(=O)Nc3cccc(C#C)c3)cc(N3C(=O)c4ccc(Oc5ccc6c(c5)C(=O)N(c5ccc(Oc7ccc(N8C(=O)c9ccc(C)cc9C8=O)cc7)cc5)C6=O)cc4C3=O)c2)c1. The Morgan fingerprint density at radius 2 is 0.530 bits per heavy atom. The van der Waals surface area contributed by atoms with Gasteiger partial charge in [0, 0.05) is 67.3 Å². The normalized spacial score (nSPS) is 12.7. The highest BCUT2D eigenvalue weighted by Crippen LogP contribution is 2.40. The number of hydrogen-bond donors (Lipinski definition) is 4. The summed E-state index contributed by atoms with van der Waals surface area (Å²) in [7, 11) is 1.45. The lowest BCUT2D eigenvalue weighted by Crippen LogP contribution is -2.30. The number of carbonyl (C=O) groups is 12. The third-order valence-corrected chi connectivity index (χ3v) is 19.1. The van der Waals surface area contributed by atoms with Gasteiger partial charge in [0.2, 0.25) is 0 Å². The molecule has 562 valence electrons. The molecule has 0 atom stereocenters. The largest absolute Gasteiger partial charge is 0.497 e. The lowest BCUT2D eigenvalue weighted by molar-refractivity contribution is 0.0910. The van der Waals surface area contributed by atoms with E-state index in [2.05, 4.69) is 44.9 Å². The number of anilines is 8. The van der Waals surface area contributed by atoms with Crippen LogP contribution in [0, 0.1) is 56.3 Å². The van der Waals surface area contributed by atoms with Gasteiger partial charge in [0.15, 0.2) is 0 Å². The smallest absolute Gasteiger partial charge is 0.266 e. The van der Waals surface area contributed by atoms with Crippen LogP contribution < -0.4 is 55.1 Å². The van der Waals surface area contributed by atoms with Gasteiger partial charge in [0.05, 0.1) is 74.4 Å². The van der Waals surface area contributed by atoms with Crippen molar-refractivity contribution in [3.8, 4) is 78.1 Å². The Morgan fingerprint density at radius 3 is 0.838 bits per heavy atom. The zero-order valence-corrected chi connectivity index (χ0v) is 61.5. The van der Waals surface area contributed by atoms with Crippen molar-refractivity contribution in [3.05, 3.63) is 349 Å². The third-order valence-electron chi connectivity index (χ3n) is 19.1. The maximum Gasteiger partial charge on any atom is 0.266 e. The molecular formula is C94H56N8O15. The van der Waals surface area contributed by atoms with Crippen LogP contribution in [0.2, 0.25) is 0 Å². The average Bonchev–Trinajstić information content (AvgIpc) is 1.64. The Bertz CT molecular complexity index is 6400. The predicted molar refractivity (Wildman–Crippen MR) is 437 cm³/mol. The van der Waals surface area contributed by atoms with E-state index < -0.39 is 70.9 Å². The van der Waals surface area contributed by atoms with E-state index in [4.69, 9.17) is 39.9 Å². The maximum atomic E-state index is 14.2. The number of ether oxygens (including phenoxy) is 3. The number of aryl methyl sites for hydroxylation is 1. The molecule has 4 aliphatic rings. The van der Waals surface area contributed by atoms with E-state index in [-0.39, 0.29) is 84.2 Å². The van der Waals surface area contributed by atoms with Crippen LogP contribution in [0.4, 0.5) is 45.5 Å². The molecule has 23 heteroatoms. The van der Waals surface area contributed by atoms with Crippen molar-refractivity contribution in [2.75, 3.05) is 48.0 Å². The molecule has 12 amide bonds. The number of nitrogens with one attached hydrogen (secondary N) is 4. The molecule has 4 N–H and O–H groups in total. The van der Waals surface area contributed by atoms with Crippen molar-refractivity contribution >= 4 is 116 Å². The highest BCUT2D eigenvalue weighted by Gasteiger charge is 2.42. The molecule has 12 aromatic rings. The molecule has 0 radical (unpaired) electrons. The summed E-state index contributed by atoms with van der Waals surface area (Å²) in [4.78, 5) is 167. The molecule has 0 fully saturated rings.